The van der Waals surface area contributed by atoms with E-state index in [2.05, 4.69) is 68.1 Å². The molecule has 148 valence electrons. The summed E-state index contributed by atoms with van der Waals surface area (Å²) in [6, 6.07) is 15.3. The Labute approximate surface area is 166 Å². The molecule has 0 saturated carbocycles. The van der Waals surface area contributed by atoms with Gasteiger partial charge in [0.1, 0.15) is 5.75 Å². The van der Waals surface area contributed by atoms with Crippen LogP contribution in [-0.2, 0) is 6.54 Å². The molecule has 0 spiro atoms. The lowest BCUT2D eigenvalue weighted by Crippen LogP contribution is -2.24. The lowest BCUT2D eigenvalue weighted by Gasteiger charge is -2.26. The van der Waals surface area contributed by atoms with Gasteiger partial charge in [0.25, 0.3) is 0 Å². The van der Waals surface area contributed by atoms with Crippen molar-refractivity contribution >= 4 is 5.69 Å². The van der Waals surface area contributed by atoms with E-state index in [0.717, 1.165) is 18.8 Å². The fourth-order valence-electron chi connectivity index (χ4n) is 3.58. The molecule has 0 aliphatic carbocycles. The highest BCUT2D eigenvalue weighted by molar-refractivity contribution is 5.50. The Morgan fingerprint density at radius 2 is 1.48 bits per heavy atom. The Kier molecular flexibility index (Phi) is 9.24. The summed E-state index contributed by atoms with van der Waals surface area (Å²) in [7, 11) is 1.72. The van der Waals surface area contributed by atoms with Gasteiger partial charge in [-0.2, -0.15) is 0 Å². The summed E-state index contributed by atoms with van der Waals surface area (Å²) in [5, 5.41) is 0. The van der Waals surface area contributed by atoms with E-state index in [9.17, 15) is 0 Å². The van der Waals surface area contributed by atoms with Crippen LogP contribution in [0.4, 0.5) is 5.69 Å². The Morgan fingerprint density at radius 1 is 0.815 bits per heavy atom. The van der Waals surface area contributed by atoms with E-state index in [0.29, 0.717) is 0 Å². The minimum atomic E-state index is 0.918. The minimum Gasteiger partial charge on any atom is -0.497 e. The first-order chi connectivity index (χ1) is 13.1. The first-order valence-electron chi connectivity index (χ1n) is 10.6. The highest BCUT2D eigenvalue weighted by Crippen LogP contribution is 2.23. The van der Waals surface area contributed by atoms with Crippen LogP contribution in [0.5, 0.6) is 5.75 Å². The van der Waals surface area contributed by atoms with Crippen molar-refractivity contribution in [2.45, 2.75) is 72.3 Å². The number of hydrogen-bond donors (Lipinski definition) is 0. The van der Waals surface area contributed by atoms with Crippen molar-refractivity contribution in [3.8, 4) is 5.75 Å². The molecule has 0 fully saturated rings. The maximum absolute atomic E-state index is 5.33. The van der Waals surface area contributed by atoms with Crippen LogP contribution in [-0.4, -0.2) is 13.7 Å². The zero-order valence-corrected chi connectivity index (χ0v) is 17.8. The summed E-state index contributed by atoms with van der Waals surface area (Å²) in [6.07, 6.45) is 9.41. The molecule has 0 aromatic heterocycles. The number of ether oxygens (including phenoxy) is 1. The van der Waals surface area contributed by atoms with Crippen LogP contribution in [0.25, 0.3) is 0 Å². The molecule has 0 heterocycles. The van der Waals surface area contributed by atoms with Gasteiger partial charge in [0.15, 0.2) is 0 Å². The van der Waals surface area contributed by atoms with Gasteiger partial charge in [0.2, 0.25) is 0 Å². The van der Waals surface area contributed by atoms with Crippen molar-refractivity contribution in [3.05, 3.63) is 59.2 Å². The van der Waals surface area contributed by atoms with E-state index in [1.54, 1.807) is 7.11 Å². The molecule has 0 atom stereocenters. The van der Waals surface area contributed by atoms with E-state index in [1.807, 2.05) is 0 Å². The standard InChI is InChI=1S/C25H37NO/c1-5-6-7-8-9-10-11-18-26(24-14-16-25(27-4)17-15-24)20-23-13-12-21(2)19-22(23)3/h12-17,19H,5-11,18,20H2,1-4H3. The molecule has 0 radical (unpaired) electrons. The van der Waals surface area contributed by atoms with Crippen molar-refractivity contribution in [2.24, 2.45) is 0 Å². The molecule has 2 heteroatoms. The maximum Gasteiger partial charge on any atom is 0.119 e. The third-order valence-corrected chi connectivity index (χ3v) is 5.33. The Hall–Kier alpha value is -1.96. The van der Waals surface area contributed by atoms with Gasteiger partial charge < -0.3 is 9.64 Å². The second-order valence-corrected chi connectivity index (χ2v) is 7.67. The van der Waals surface area contributed by atoms with Crippen LogP contribution < -0.4 is 9.64 Å². The molecule has 0 N–H and O–H groups in total. The lowest BCUT2D eigenvalue weighted by molar-refractivity contribution is 0.415. The van der Waals surface area contributed by atoms with Gasteiger partial charge in [-0.15, -0.1) is 0 Å². The second-order valence-electron chi connectivity index (χ2n) is 7.67. The molecule has 27 heavy (non-hydrogen) atoms. The average molecular weight is 368 g/mol. The molecule has 0 amide bonds. The van der Waals surface area contributed by atoms with Gasteiger partial charge in [0.05, 0.1) is 7.11 Å². The van der Waals surface area contributed by atoms with Crippen LogP contribution in [0.1, 0.15) is 68.6 Å². The van der Waals surface area contributed by atoms with Gasteiger partial charge in [0, 0.05) is 18.8 Å². The summed E-state index contributed by atoms with van der Waals surface area (Å²) in [4.78, 5) is 2.52. The topological polar surface area (TPSA) is 12.5 Å². The number of anilines is 1. The number of nitrogens with zero attached hydrogens (tertiary/aromatic N) is 1. The highest BCUT2D eigenvalue weighted by atomic mass is 16.5. The molecule has 0 saturated heterocycles. The molecular weight excluding hydrogens is 330 g/mol. The lowest BCUT2D eigenvalue weighted by atomic mass is 10.0. The maximum atomic E-state index is 5.33. The highest BCUT2D eigenvalue weighted by Gasteiger charge is 2.10. The van der Waals surface area contributed by atoms with Crippen LogP contribution >= 0.6 is 0 Å². The number of benzene rings is 2. The third-order valence-electron chi connectivity index (χ3n) is 5.33. The smallest absolute Gasteiger partial charge is 0.119 e. The van der Waals surface area contributed by atoms with E-state index in [4.69, 9.17) is 4.74 Å². The number of aryl methyl sites for hydroxylation is 2. The number of rotatable bonds is 12. The first kappa shape index (κ1) is 21.3. The van der Waals surface area contributed by atoms with Gasteiger partial charge in [-0.25, -0.2) is 0 Å². The summed E-state index contributed by atoms with van der Waals surface area (Å²) < 4.78 is 5.33. The summed E-state index contributed by atoms with van der Waals surface area (Å²) in [5.41, 5.74) is 5.41. The largest absolute Gasteiger partial charge is 0.497 e. The van der Waals surface area contributed by atoms with E-state index < -0.39 is 0 Å². The van der Waals surface area contributed by atoms with Crippen LogP contribution in [0.3, 0.4) is 0 Å². The molecule has 0 unspecified atom stereocenters. The monoisotopic (exact) mass is 367 g/mol. The molecule has 2 rings (SSSR count). The molecule has 2 aromatic rings. The van der Waals surface area contributed by atoms with Gasteiger partial charge in [-0.3, -0.25) is 0 Å². The Bertz CT molecular complexity index is 663. The zero-order valence-electron chi connectivity index (χ0n) is 17.8. The molecular formula is C25H37NO. The van der Waals surface area contributed by atoms with Crippen molar-refractivity contribution in [2.75, 3.05) is 18.6 Å². The third kappa shape index (κ3) is 7.28. The number of methoxy groups -OCH3 is 1. The summed E-state index contributed by atoms with van der Waals surface area (Å²) in [5.74, 6) is 0.918. The van der Waals surface area contributed by atoms with Crippen molar-refractivity contribution in [1.82, 2.24) is 0 Å². The van der Waals surface area contributed by atoms with Gasteiger partial charge in [-0.1, -0.05) is 69.2 Å². The fourth-order valence-corrected chi connectivity index (χ4v) is 3.58. The number of unbranched alkanes of at least 4 members (excludes halogenated alkanes) is 6. The quantitative estimate of drug-likeness (QED) is 0.372. The van der Waals surface area contributed by atoms with Gasteiger partial charge >= 0.3 is 0 Å². The van der Waals surface area contributed by atoms with E-state index in [-0.39, 0.29) is 0 Å². The van der Waals surface area contributed by atoms with E-state index in [1.165, 1.54) is 67.3 Å². The second kappa shape index (κ2) is 11.7. The first-order valence-corrected chi connectivity index (χ1v) is 10.6. The molecule has 0 aliphatic rings. The predicted octanol–water partition coefficient (Wildman–Crippen LogP) is 7.07. The SMILES string of the molecule is CCCCCCCCCN(Cc1ccc(C)cc1C)c1ccc(OC)cc1. The van der Waals surface area contributed by atoms with Crippen LogP contribution in [0.15, 0.2) is 42.5 Å². The summed E-state index contributed by atoms with van der Waals surface area (Å²) in [6.45, 7) is 8.74. The van der Waals surface area contributed by atoms with Crippen LogP contribution in [0, 0.1) is 13.8 Å². The Morgan fingerprint density at radius 3 is 2.11 bits per heavy atom. The molecule has 2 aromatic carbocycles. The van der Waals surface area contributed by atoms with E-state index >= 15 is 0 Å². The molecule has 0 bridgehead atoms. The van der Waals surface area contributed by atoms with Crippen molar-refractivity contribution in [3.63, 3.8) is 0 Å². The molecule has 0 aliphatic heterocycles. The van der Waals surface area contributed by atoms with Crippen molar-refractivity contribution < 1.29 is 4.74 Å². The summed E-state index contributed by atoms with van der Waals surface area (Å²) >= 11 is 0. The van der Waals surface area contributed by atoms with Crippen molar-refractivity contribution in [1.29, 1.82) is 0 Å². The Balaban J connectivity index is 1.99. The van der Waals surface area contributed by atoms with Crippen LogP contribution in [0.2, 0.25) is 0 Å². The molecule has 2 nitrogen and oxygen atoms in total. The minimum absolute atomic E-state index is 0.918. The zero-order chi connectivity index (χ0) is 19.5. The average Bonchev–Trinajstić information content (AvgIpc) is 2.68. The van der Waals surface area contributed by atoms with Gasteiger partial charge in [-0.05, 0) is 55.7 Å². The number of hydrogen-bond acceptors (Lipinski definition) is 2. The predicted molar refractivity (Wildman–Crippen MR) is 118 cm³/mol. The normalized spacial score (nSPS) is 10.8. The fraction of sp³-hybridized carbons (Fsp3) is 0.520.